The Morgan fingerprint density at radius 3 is 2.95 bits per heavy atom. The van der Waals surface area contributed by atoms with Gasteiger partial charge in [-0.25, -0.2) is 0 Å². The highest BCUT2D eigenvalue weighted by Crippen LogP contribution is 2.35. The monoisotopic (exact) mass is 292 g/mol. The van der Waals surface area contributed by atoms with Gasteiger partial charge in [-0.2, -0.15) is 11.3 Å². The highest BCUT2D eigenvalue weighted by Gasteiger charge is 2.30. The summed E-state index contributed by atoms with van der Waals surface area (Å²) in [5.41, 5.74) is 4.83. The summed E-state index contributed by atoms with van der Waals surface area (Å²) in [6.07, 6.45) is 4.49. The number of pyridine rings is 1. The van der Waals surface area contributed by atoms with Crippen molar-refractivity contribution in [2.75, 3.05) is 4.90 Å². The number of hydrogen-bond acceptors (Lipinski definition) is 3. The standard InChI is InChI=1S/C15H17ClN2S/c1-11-6-15(13(7-16)8-17-11)18(14-2-3-14)9-12-4-5-19-10-12/h4-6,8,10,14H,2-3,7,9H2,1H3. The van der Waals surface area contributed by atoms with Crippen LogP contribution in [0.15, 0.2) is 29.1 Å². The fraction of sp³-hybridized carbons (Fsp3) is 0.400. The molecule has 0 aromatic carbocycles. The molecule has 100 valence electrons. The van der Waals surface area contributed by atoms with Crippen LogP contribution in [-0.2, 0) is 12.4 Å². The average Bonchev–Trinajstić information content (AvgIpc) is 3.13. The summed E-state index contributed by atoms with van der Waals surface area (Å²) in [6, 6.07) is 5.04. The molecule has 3 rings (SSSR count). The van der Waals surface area contributed by atoms with Crippen LogP contribution in [-0.4, -0.2) is 11.0 Å². The van der Waals surface area contributed by atoms with E-state index < -0.39 is 0 Å². The predicted octanol–water partition coefficient (Wildman–Crippen LogP) is 4.36. The molecule has 0 unspecified atom stereocenters. The first-order valence-corrected chi connectivity index (χ1v) is 8.05. The summed E-state index contributed by atoms with van der Waals surface area (Å²) in [5.74, 6) is 0.523. The lowest BCUT2D eigenvalue weighted by Crippen LogP contribution is -2.26. The summed E-state index contributed by atoms with van der Waals surface area (Å²) in [7, 11) is 0. The number of hydrogen-bond donors (Lipinski definition) is 0. The fourth-order valence-corrected chi connectivity index (χ4v) is 3.19. The van der Waals surface area contributed by atoms with E-state index >= 15 is 0 Å². The number of aryl methyl sites for hydroxylation is 1. The van der Waals surface area contributed by atoms with Gasteiger partial charge in [0.05, 0.1) is 5.88 Å². The minimum absolute atomic E-state index is 0.523. The van der Waals surface area contributed by atoms with Gasteiger partial charge in [-0.1, -0.05) is 0 Å². The van der Waals surface area contributed by atoms with E-state index in [1.807, 2.05) is 13.1 Å². The molecule has 19 heavy (non-hydrogen) atoms. The third kappa shape index (κ3) is 2.93. The molecule has 1 aliphatic rings. The van der Waals surface area contributed by atoms with Gasteiger partial charge in [-0.3, -0.25) is 4.98 Å². The molecule has 0 spiro atoms. The molecule has 1 saturated carbocycles. The molecular weight excluding hydrogens is 276 g/mol. The second-order valence-corrected chi connectivity index (χ2v) is 6.13. The van der Waals surface area contributed by atoms with Crippen molar-refractivity contribution in [1.29, 1.82) is 0 Å². The first-order chi connectivity index (χ1) is 9.28. The van der Waals surface area contributed by atoms with E-state index in [-0.39, 0.29) is 0 Å². The maximum atomic E-state index is 6.07. The van der Waals surface area contributed by atoms with E-state index in [2.05, 4.69) is 32.8 Å². The van der Waals surface area contributed by atoms with Crippen molar-refractivity contribution in [3.8, 4) is 0 Å². The number of thiophene rings is 1. The van der Waals surface area contributed by atoms with Gasteiger partial charge in [-0.15, -0.1) is 11.6 Å². The summed E-state index contributed by atoms with van der Waals surface area (Å²) in [6.45, 7) is 3.01. The van der Waals surface area contributed by atoms with Gasteiger partial charge in [-0.05, 0) is 48.2 Å². The van der Waals surface area contributed by atoms with Crippen LogP contribution in [0, 0.1) is 6.92 Å². The van der Waals surface area contributed by atoms with Crippen molar-refractivity contribution >= 4 is 28.6 Å². The minimum Gasteiger partial charge on any atom is -0.364 e. The molecule has 1 fully saturated rings. The number of aromatic nitrogens is 1. The summed E-state index contributed by atoms with van der Waals surface area (Å²) in [5, 5.41) is 4.37. The van der Waals surface area contributed by atoms with Gasteiger partial charge in [0.2, 0.25) is 0 Å². The molecule has 4 heteroatoms. The molecule has 1 aliphatic carbocycles. The maximum Gasteiger partial charge on any atom is 0.0509 e. The van der Waals surface area contributed by atoms with Crippen LogP contribution >= 0.6 is 22.9 Å². The quantitative estimate of drug-likeness (QED) is 0.761. The Morgan fingerprint density at radius 1 is 1.47 bits per heavy atom. The van der Waals surface area contributed by atoms with Gasteiger partial charge in [0.25, 0.3) is 0 Å². The van der Waals surface area contributed by atoms with E-state index in [0.717, 1.165) is 17.8 Å². The van der Waals surface area contributed by atoms with Crippen molar-refractivity contribution in [2.45, 2.75) is 38.2 Å². The zero-order chi connectivity index (χ0) is 13.2. The van der Waals surface area contributed by atoms with Gasteiger partial charge < -0.3 is 4.90 Å². The SMILES string of the molecule is Cc1cc(N(Cc2ccsc2)C2CC2)c(CCl)cn1. The molecule has 2 aromatic heterocycles. The topological polar surface area (TPSA) is 16.1 Å². The first-order valence-electron chi connectivity index (χ1n) is 6.57. The van der Waals surface area contributed by atoms with Gasteiger partial charge in [0, 0.05) is 35.7 Å². The van der Waals surface area contributed by atoms with Gasteiger partial charge in [0.15, 0.2) is 0 Å². The number of rotatable bonds is 5. The summed E-state index contributed by atoms with van der Waals surface area (Å²) in [4.78, 5) is 6.86. The van der Waals surface area contributed by atoms with Crippen molar-refractivity contribution in [1.82, 2.24) is 4.98 Å². The Hall–Kier alpha value is -1.06. The molecule has 0 amide bonds. The number of halogens is 1. The van der Waals surface area contributed by atoms with Crippen molar-refractivity contribution in [3.63, 3.8) is 0 Å². The highest BCUT2D eigenvalue weighted by molar-refractivity contribution is 7.07. The molecule has 0 saturated heterocycles. The predicted molar refractivity (Wildman–Crippen MR) is 82.1 cm³/mol. The van der Waals surface area contributed by atoms with Crippen LogP contribution in [0.2, 0.25) is 0 Å². The smallest absolute Gasteiger partial charge is 0.0509 e. The molecule has 0 bridgehead atoms. The Kier molecular flexibility index (Phi) is 3.76. The van der Waals surface area contributed by atoms with E-state index in [0.29, 0.717) is 11.9 Å². The van der Waals surface area contributed by atoms with E-state index in [9.17, 15) is 0 Å². The van der Waals surface area contributed by atoms with Gasteiger partial charge in [0.1, 0.15) is 0 Å². The van der Waals surface area contributed by atoms with E-state index in [1.165, 1.54) is 24.1 Å². The average molecular weight is 293 g/mol. The number of alkyl halides is 1. The summed E-state index contributed by atoms with van der Waals surface area (Å²) < 4.78 is 0. The van der Waals surface area contributed by atoms with E-state index in [4.69, 9.17) is 11.6 Å². The van der Waals surface area contributed by atoms with Crippen LogP contribution in [0.1, 0.15) is 29.7 Å². The lowest BCUT2D eigenvalue weighted by Gasteiger charge is -2.26. The molecule has 2 aromatic rings. The first kappa shape index (κ1) is 12.9. The fourth-order valence-electron chi connectivity index (χ4n) is 2.32. The number of anilines is 1. The van der Waals surface area contributed by atoms with E-state index in [1.54, 1.807) is 11.3 Å². The lowest BCUT2D eigenvalue weighted by atomic mass is 10.2. The molecule has 2 heterocycles. The molecule has 2 nitrogen and oxygen atoms in total. The second-order valence-electron chi connectivity index (χ2n) is 5.08. The normalized spacial score (nSPS) is 14.6. The van der Waals surface area contributed by atoms with Crippen LogP contribution < -0.4 is 4.90 Å². The van der Waals surface area contributed by atoms with Crippen LogP contribution in [0.25, 0.3) is 0 Å². The summed E-state index contributed by atoms with van der Waals surface area (Å²) >= 11 is 7.83. The third-order valence-corrected chi connectivity index (χ3v) is 4.49. The molecular formula is C15H17ClN2S. The number of nitrogens with zero attached hydrogens (tertiary/aromatic N) is 2. The van der Waals surface area contributed by atoms with Crippen LogP contribution in [0.5, 0.6) is 0 Å². The Morgan fingerprint density at radius 2 is 2.32 bits per heavy atom. The maximum absolute atomic E-state index is 6.07. The van der Waals surface area contributed by atoms with Crippen LogP contribution in [0.4, 0.5) is 5.69 Å². The Balaban J connectivity index is 1.93. The van der Waals surface area contributed by atoms with Crippen molar-refractivity contribution in [3.05, 3.63) is 45.9 Å². The van der Waals surface area contributed by atoms with Crippen molar-refractivity contribution < 1.29 is 0 Å². The van der Waals surface area contributed by atoms with Gasteiger partial charge >= 0.3 is 0 Å². The highest BCUT2D eigenvalue weighted by atomic mass is 35.5. The molecule has 0 radical (unpaired) electrons. The zero-order valence-corrected chi connectivity index (χ0v) is 12.5. The Labute approximate surface area is 123 Å². The minimum atomic E-state index is 0.523. The second kappa shape index (κ2) is 5.51. The van der Waals surface area contributed by atoms with Crippen LogP contribution in [0.3, 0.4) is 0 Å². The zero-order valence-electron chi connectivity index (χ0n) is 11.0. The lowest BCUT2D eigenvalue weighted by molar-refractivity contribution is 0.789. The van der Waals surface area contributed by atoms with Crippen molar-refractivity contribution in [2.24, 2.45) is 0 Å². The molecule has 0 N–H and O–H groups in total. The molecule has 0 atom stereocenters. The molecule has 0 aliphatic heterocycles. The third-order valence-electron chi connectivity index (χ3n) is 3.47. The Bertz CT molecular complexity index is 549. The largest absolute Gasteiger partial charge is 0.364 e.